The zero-order valence-corrected chi connectivity index (χ0v) is 15.6. The number of rotatable bonds is 5. The molecule has 2 bridgehead atoms. The van der Waals surface area contributed by atoms with E-state index in [0.29, 0.717) is 23.1 Å². The SMILES string of the molecule is CC(=O)c1ccc(NC(=O)CCN2C(=O)[C@@H]3[C@H]4C=C[C@H]([C@H]5C[C@H]45)[C@@H]3C2=O)cc1. The van der Waals surface area contributed by atoms with Gasteiger partial charge in [-0.3, -0.25) is 24.1 Å². The molecule has 4 aliphatic carbocycles. The molecule has 0 spiro atoms. The number of Topliss-reactive ketones (excluding diaryl/α,β-unsaturated/α-hetero) is 1. The molecule has 6 atom stereocenters. The van der Waals surface area contributed by atoms with Crippen LogP contribution in [0.25, 0.3) is 0 Å². The van der Waals surface area contributed by atoms with E-state index in [-0.39, 0.29) is 60.1 Å². The smallest absolute Gasteiger partial charge is 0.233 e. The summed E-state index contributed by atoms with van der Waals surface area (Å²) >= 11 is 0. The molecule has 28 heavy (non-hydrogen) atoms. The lowest BCUT2D eigenvalue weighted by Gasteiger charge is -2.37. The number of carbonyl (C=O) groups excluding carboxylic acids is 4. The van der Waals surface area contributed by atoms with Crippen molar-refractivity contribution >= 4 is 29.2 Å². The van der Waals surface area contributed by atoms with Crippen molar-refractivity contribution in [2.75, 3.05) is 11.9 Å². The number of likely N-dealkylation sites (tertiary alicyclic amines) is 1. The predicted octanol–water partition coefficient (Wildman–Crippen LogP) is 2.27. The second kappa shape index (κ2) is 6.12. The Balaban J connectivity index is 1.21. The van der Waals surface area contributed by atoms with Crippen LogP contribution in [0.15, 0.2) is 36.4 Å². The Labute approximate surface area is 163 Å². The third kappa shape index (κ3) is 2.54. The van der Waals surface area contributed by atoms with E-state index in [4.69, 9.17) is 0 Å². The van der Waals surface area contributed by atoms with E-state index in [0.717, 1.165) is 6.42 Å². The minimum atomic E-state index is -0.255. The summed E-state index contributed by atoms with van der Waals surface area (Å²) in [6.45, 7) is 1.61. The number of carbonyl (C=O) groups is 4. The molecule has 1 heterocycles. The van der Waals surface area contributed by atoms with Crippen LogP contribution < -0.4 is 5.32 Å². The molecule has 3 fully saturated rings. The van der Waals surface area contributed by atoms with Gasteiger partial charge in [-0.25, -0.2) is 0 Å². The van der Waals surface area contributed by atoms with Gasteiger partial charge in [0.15, 0.2) is 5.78 Å². The Bertz CT molecular complexity index is 883. The highest BCUT2D eigenvalue weighted by Crippen LogP contribution is 2.65. The Morgan fingerprint density at radius 1 is 1.00 bits per heavy atom. The maximum absolute atomic E-state index is 12.9. The van der Waals surface area contributed by atoms with Crippen molar-refractivity contribution in [3.05, 3.63) is 42.0 Å². The number of nitrogens with zero attached hydrogens (tertiary/aromatic N) is 1. The van der Waals surface area contributed by atoms with Crippen molar-refractivity contribution in [2.45, 2.75) is 19.8 Å². The summed E-state index contributed by atoms with van der Waals surface area (Å²) < 4.78 is 0. The topological polar surface area (TPSA) is 83.6 Å². The molecule has 1 N–H and O–H groups in total. The lowest BCUT2D eigenvalue weighted by atomic mass is 9.63. The molecule has 0 aromatic heterocycles. The maximum atomic E-state index is 12.9. The van der Waals surface area contributed by atoms with Gasteiger partial charge in [0.05, 0.1) is 11.8 Å². The molecule has 1 aromatic rings. The third-order valence-electron chi connectivity index (χ3n) is 6.89. The minimum absolute atomic E-state index is 0.0357. The van der Waals surface area contributed by atoms with Crippen LogP contribution in [0.3, 0.4) is 0 Å². The fraction of sp³-hybridized carbons (Fsp3) is 0.455. The van der Waals surface area contributed by atoms with Gasteiger partial charge in [0, 0.05) is 24.2 Å². The number of anilines is 1. The van der Waals surface area contributed by atoms with E-state index in [9.17, 15) is 19.2 Å². The molecule has 6 rings (SSSR count). The molecular formula is C22H22N2O4. The van der Waals surface area contributed by atoms with E-state index < -0.39 is 0 Å². The maximum Gasteiger partial charge on any atom is 0.233 e. The van der Waals surface area contributed by atoms with Crippen LogP contribution in [0.4, 0.5) is 5.69 Å². The van der Waals surface area contributed by atoms with Crippen molar-refractivity contribution in [1.29, 1.82) is 0 Å². The zero-order valence-electron chi connectivity index (χ0n) is 15.6. The number of hydrogen-bond donors (Lipinski definition) is 1. The van der Waals surface area contributed by atoms with E-state index in [2.05, 4.69) is 17.5 Å². The van der Waals surface area contributed by atoms with Crippen molar-refractivity contribution in [1.82, 2.24) is 4.90 Å². The number of imide groups is 1. The minimum Gasteiger partial charge on any atom is -0.326 e. The molecule has 5 aliphatic rings. The highest BCUT2D eigenvalue weighted by Gasteiger charge is 2.66. The molecule has 0 radical (unpaired) electrons. The highest BCUT2D eigenvalue weighted by molar-refractivity contribution is 6.06. The van der Waals surface area contributed by atoms with Crippen LogP contribution >= 0.6 is 0 Å². The third-order valence-corrected chi connectivity index (χ3v) is 6.89. The van der Waals surface area contributed by atoms with Gasteiger partial charge < -0.3 is 5.32 Å². The summed E-state index contributed by atoms with van der Waals surface area (Å²) in [5.74, 6) is 0.647. The number of benzene rings is 1. The Hall–Kier alpha value is -2.76. The number of nitrogens with one attached hydrogen (secondary N) is 1. The van der Waals surface area contributed by atoms with Gasteiger partial charge in [-0.1, -0.05) is 12.2 Å². The first-order chi connectivity index (χ1) is 13.5. The number of amides is 3. The van der Waals surface area contributed by atoms with Gasteiger partial charge in [0.2, 0.25) is 17.7 Å². The largest absolute Gasteiger partial charge is 0.326 e. The van der Waals surface area contributed by atoms with E-state index in [1.165, 1.54) is 11.8 Å². The molecule has 6 heteroatoms. The molecule has 3 amide bonds. The lowest BCUT2D eigenvalue weighted by molar-refractivity contribution is -0.140. The number of hydrogen-bond acceptors (Lipinski definition) is 4. The number of allylic oxidation sites excluding steroid dienone is 2. The Kier molecular flexibility index (Phi) is 3.79. The molecule has 0 unspecified atom stereocenters. The van der Waals surface area contributed by atoms with E-state index in [1.54, 1.807) is 24.3 Å². The van der Waals surface area contributed by atoms with Crippen molar-refractivity contribution in [3.8, 4) is 0 Å². The van der Waals surface area contributed by atoms with Gasteiger partial charge >= 0.3 is 0 Å². The summed E-state index contributed by atoms with van der Waals surface area (Å²) in [5, 5.41) is 2.76. The fourth-order valence-electron chi connectivity index (χ4n) is 5.46. The average molecular weight is 378 g/mol. The van der Waals surface area contributed by atoms with Crippen LogP contribution in [0, 0.1) is 35.5 Å². The number of ketones is 1. The molecule has 1 aliphatic heterocycles. The van der Waals surface area contributed by atoms with Crippen LogP contribution in [-0.2, 0) is 14.4 Å². The molecule has 1 saturated heterocycles. The van der Waals surface area contributed by atoms with Gasteiger partial charge in [0.1, 0.15) is 0 Å². The second-order valence-corrected chi connectivity index (χ2v) is 8.41. The van der Waals surface area contributed by atoms with Gasteiger partial charge in [-0.05, 0) is 61.3 Å². The first kappa shape index (κ1) is 17.3. The van der Waals surface area contributed by atoms with Gasteiger partial charge in [0.25, 0.3) is 0 Å². The summed E-state index contributed by atoms with van der Waals surface area (Å²) in [5.41, 5.74) is 1.17. The van der Waals surface area contributed by atoms with E-state index >= 15 is 0 Å². The summed E-state index contributed by atoms with van der Waals surface area (Å²) in [7, 11) is 0. The van der Waals surface area contributed by atoms with Crippen LogP contribution in [0.1, 0.15) is 30.1 Å². The van der Waals surface area contributed by atoms with Crippen molar-refractivity contribution in [3.63, 3.8) is 0 Å². The lowest BCUT2D eigenvalue weighted by Crippen LogP contribution is -2.40. The second-order valence-electron chi connectivity index (χ2n) is 8.41. The molecule has 2 saturated carbocycles. The van der Waals surface area contributed by atoms with Crippen molar-refractivity contribution < 1.29 is 19.2 Å². The first-order valence-electron chi connectivity index (χ1n) is 9.90. The molecule has 1 aromatic carbocycles. The summed E-state index contributed by atoms with van der Waals surface area (Å²) in [6, 6.07) is 6.66. The van der Waals surface area contributed by atoms with Crippen LogP contribution in [0.5, 0.6) is 0 Å². The first-order valence-corrected chi connectivity index (χ1v) is 9.90. The van der Waals surface area contributed by atoms with Gasteiger partial charge in [-0.2, -0.15) is 0 Å². The van der Waals surface area contributed by atoms with Crippen LogP contribution in [-0.4, -0.2) is 34.9 Å². The predicted molar refractivity (Wildman–Crippen MR) is 101 cm³/mol. The monoisotopic (exact) mass is 378 g/mol. The summed E-state index contributed by atoms with van der Waals surface area (Å²) in [6.07, 6.45) is 5.50. The summed E-state index contributed by atoms with van der Waals surface area (Å²) in [4.78, 5) is 50.7. The molecule has 144 valence electrons. The average Bonchev–Trinajstić information content (AvgIpc) is 3.46. The fourth-order valence-corrected chi connectivity index (χ4v) is 5.46. The van der Waals surface area contributed by atoms with Crippen LogP contribution in [0.2, 0.25) is 0 Å². The van der Waals surface area contributed by atoms with Gasteiger partial charge in [-0.15, -0.1) is 0 Å². The molecule has 6 nitrogen and oxygen atoms in total. The standard InChI is InChI=1S/C22H22N2O4/c1-11(25)12-2-4-13(5-3-12)23-18(26)8-9-24-21(27)19-14-6-7-15(17-10-16(14)17)20(19)22(24)28/h2-7,14-17,19-20H,8-10H2,1H3,(H,23,26)/t14-,15+,16-,17-,19+,20-/m1/s1. The Morgan fingerprint density at radius 3 is 2.11 bits per heavy atom. The van der Waals surface area contributed by atoms with E-state index in [1.807, 2.05) is 0 Å². The zero-order chi connectivity index (χ0) is 19.6. The highest BCUT2D eigenvalue weighted by atomic mass is 16.2. The molecular weight excluding hydrogens is 356 g/mol. The van der Waals surface area contributed by atoms with Crippen molar-refractivity contribution in [2.24, 2.45) is 35.5 Å². The Morgan fingerprint density at radius 2 is 1.57 bits per heavy atom. The quantitative estimate of drug-likeness (QED) is 0.484. The normalized spacial score (nSPS) is 34.2.